The second-order valence-electron chi connectivity index (χ2n) is 5.48. The van der Waals surface area contributed by atoms with Crippen LogP contribution < -0.4 is 5.73 Å². The predicted octanol–water partition coefficient (Wildman–Crippen LogP) is 1.22. The number of nitrogens with zero attached hydrogens (tertiary/aromatic N) is 1. The monoisotopic (exact) mass is 212 g/mol. The molecular formula is C12H24N2O. The second kappa shape index (κ2) is 4.04. The van der Waals surface area contributed by atoms with E-state index in [1.165, 1.54) is 12.8 Å². The lowest BCUT2D eigenvalue weighted by molar-refractivity contribution is -0.0396. The maximum atomic E-state index is 5.96. The van der Waals surface area contributed by atoms with E-state index in [1.807, 2.05) is 0 Å². The molecule has 1 aliphatic heterocycles. The highest BCUT2D eigenvalue weighted by Gasteiger charge is 2.47. The molecule has 2 N–H and O–H groups in total. The van der Waals surface area contributed by atoms with E-state index in [-0.39, 0.29) is 5.54 Å². The molecule has 3 nitrogen and oxygen atoms in total. The summed E-state index contributed by atoms with van der Waals surface area (Å²) in [5, 5.41) is 0. The molecule has 2 unspecified atom stereocenters. The van der Waals surface area contributed by atoms with Gasteiger partial charge in [-0.3, -0.25) is 4.90 Å². The average Bonchev–Trinajstić information content (AvgIpc) is 2.58. The third kappa shape index (κ3) is 1.81. The maximum absolute atomic E-state index is 5.96. The second-order valence-corrected chi connectivity index (χ2v) is 5.48. The Balaban J connectivity index is 2.02. The molecule has 2 aliphatic rings. The van der Waals surface area contributed by atoms with E-state index >= 15 is 0 Å². The molecule has 0 aromatic carbocycles. The maximum Gasteiger partial charge on any atom is 0.0703 e. The Kier molecular flexibility index (Phi) is 3.06. The molecule has 0 amide bonds. The van der Waals surface area contributed by atoms with E-state index in [4.69, 9.17) is 10.5 Å². The van der Waals surface area contributed by atoms with Gasteiger partial charge >= 0.3 is 0 Å². The van der Waals surface area contributed by atoms with Gasteiger partial charge < -0.3 is 10.5 Å². The first kappa shape index (κ1) is 11.4. The van der Waals surface area contributed by atoms with Crippen molar-refractivity contribution in [2.24, 2.45) is 11.7 Å². The number of hydrogen-bond acceptors (Lipinski definition) is 3. The van der Waals surface area contributed by atoms with Crippen molar-refractivity contribution in [2.45, 2.75) is 50.8 Å². The van der Waals surface area contributed by atoms with Gasteiger partial charge in [0.05, 0.1) is 6.10 Å². The normalized spacial score (nSPS) is 45.8. The van der Waals surface area contributed by atoms with Gasteiger partial charge in [0.15, 0.2) is 0 Å². The number of ether oxygens (including phenoxy) is 1. The van der Waals surface area contributed by atoms with Gasteiger partial charge in [0.25, 0.3) is 0 Å². The van der Waals surface area contributed by atoms with Gasteiger partial charge in [0.1, 0.15) is 0 Å². The Hall–Kier alpha value is -0.120. The van der Waals surface area contributed by atoms with Crippen LogP contribution in [0.4, 0.5) is 0 Å². The molecule has 88 valence electrons. The molecule has 0 bridgehead atoms. The SMILES string of the molecule is CC1CC(CN)(N(C)C2CCOC2C)C1. The Labute approximate surface area is 93.0 Å². The van der Waals surface area contributed by atoms with E-state index < -0.39 is 0 Å². The molecule has 1 heterocycles. The van der Waals surface area contributed by atoms with Crippen LogP contribution in [-0.4, -0.2) is 42.8 Å². The van der Waals surface area contributed by atoms with Crippen molar-refractivity contribution in [3.8, 4) is 0 Å². The quantitative estimate of drug-likeness (QED) is 0.764. The van der Waals surface area contributed by atoms with Crippen molar-refractivity contribution in [2.75, 3.05) is 20.2 Å². The summed E-state index contributed by atoms with van der Waals surface area (Å²) in [7, 11) is 2.23. The van der Waals surface area contributed by atoms with Gasteiger partial charge in [0.2, 0.25) is 0 Å². The molecular weight excluding hydrogens is 188 g/mol. The largest absolute Gasteiger partial charge is 0.377 e. The van der Waals surface area contributed by atoms with Crippen LogP contribution in [0.25, 0.3) is 0 Å². The van der Waals surface area contributed by atoms with Crippen LogP contribution in [0.3, 0.4) is 0 Å². The van der Waals surface area contributed by atoms with Gasteiger partial charge in [-0.2, -0.15) is 0 Å². The van der Waals surface area contributed by atoms with E-state index in [1.54, 1.807) is 0 Å². The molecule has 1 aliphatic carbocycles. The van der Waals surface area contributed by atoms with Gasteiger partial charge in [-0.05, 0) is 39.2 Å². The molecule has 1 saturated carbocycles. The Bertz CT molecular complexity index is 226. The van der Waals surface area contributed by atoms with Gasteiger partial charge in [-0.1, -0.05) is 6.92 Å². The minimum Gasteiger partial charge on any atom is -0.377 e. The summed E-state index contributed by atoms with van der Waals surface area (Å²) in [6, 6.07) is 0.570. The van der Waals surface area contributed by atoms with Crippen LogP contribution in [0.5, 0.6) is 0 Å². The van der Waals surface area contributed by atoms with Crippen LogP contribution >= 0.6 is 0 Å². The fourth-order valence-corrected chi connectivity index (χ4v) is 3.42. The zero-order valence-electron chi connectivity index (χ0n) is 10.2. The van der Waals surface area contributed by atoms with Crippen molar-refractivity contribution in [3.63, 3.8) is 0 Å². The summed E-state index contributed by atoms with van der Waals surface area (Å²) in [5.74, 6) is 0.841. The van der Waals surface area contributed by atoms with Gasteiger partial charge in [-0.25, -0.2) is 0 Å². The van der Waals surface area contributed by atoms with E-state index in [2.05, 4.69) is 25.8 Å². The molecule has 2 rings (SSSR count). The molecule has 0 aromatic rings. The lowest BCUT2D eigenvalue weighted by atomic mass is 9.67. The predicted molar refractivity (Wildman–Crippen MR) is 61.8 cm³/mol. The summed E-state index contributed by atoms with van der Waals surface area (Å²) >= 11 is 0. The third-order valence-electron chi connectivity index (χ3n) is 4.42. The molecule has 3 heteroatoms. The highest BCUT2D eigenvalue weighted by molar-refractivity contribution is 5.04. The summed E-state index contributed by atoms with van der Waals surface area (Å²) in [6.45, 7) is 6.19. The van der Waals surface area contributed by atoms with Crippen LogP contribution in [0, 0.1) is 5.92 Å². The fraction of sp³-hybridized carbons (Fsp3) is 1.00. The lowest BCUT2D eigenvalue weighted by Crippen LogP contribution is -2.63. The topological polar surface area (TPSA) is 38.5 Å². The van der Waals surface area contributed by atoms with Crippen molar-refractivity contribution in [1.29, 1.82) is 0 Å². The number of hydrogen-bond donors (Lipinski definition) is 1. The molecule has 0 radical (unpaired) electrons. The highest BCUT2D eigenvalue weighted by atomic mass is 16.5. The van der Waals surface area contributed by atoms with Crippen LogP contribution in [0.15, 0.2) is 0 Å². The summed E-state index contributed by atoms with van der Waals surface area (Å²) in [4.78, 5) is 2.50. The van der Waals surface area contributed by atoms with E-state index in [0.29, 0.717) is 12.1 Å². The van der Waals surface area contributed by atoms with Crippen molar-refractivity contribution in [1.82, 2.24) is 4.90 Å². The van der Waals surface area contributed by atoms with E-state index in [0.717, 1.165) is 25.5 Å². The minimum absolute atomic E-state index is 0.270. The Morgan fingerprint density at radius 3 is 2.47 bits per heavy atom. The van der Waals surface area contributed by atoms with Crippen molar-refractivity contribution in [3.05, 3.63) is 0 Å². The molecule has 1 saturated heterocycles. The molecule has 2 atom stereocenters. The minimum atomic E-state index is 0.270. The Morgan fingerprint density at radius 1 is 1.40 bits per heavy atom. The number of nitrogens with two attached hydrogens (primary N) is 1. The third-order valence-corrected chi connectivity index (χ3v) is 4.42. The zero-order valence-corrected chi connectivity index (χ0v) is 10.2. The molecule has 0 spiro atoms. The standard InChI is InChI=1S/C12H24N2O/c1-9-6-12(7-9,8-13)14(3)11-4-5-15-10(11)2/h9-11H,4-8,13H2,1-3H3. The average molecular weight is 212 g/mol. The summed E-state index contributed by atoms with van der Waals surface area (Å²) in [5.41, 5.74) is 6.23. The van der Waals surface area contributed by atoms with Crippen LogP contribution in [-0.2, 0) is 4.74 Å². The van der Waals surface area contributed by atoms with Crippen molar-refractivity contribution >= 4 is 0 Å². The first-order chi connectivity index (χ1) is 7.09. The molecule has 0 aromatic heterocycles. The van der Waals surface area contributed by atoms with Crippen LogP contribution in [0.2, 0.25) is 0 Å². The number of rotatable bonds is 3. The van der Waals surface area contributed by atoms with Crippen molar-refractivity contribution < 1.29 is 4.74 Å². The summed E-state index contributed by atoms with van der Waals surface area (Å²) < 4.78 is 5.64. The first-order valence-electron chi connectivity index (χ1n) is 6.14. The zero-order chi connectivity index (χ0) is 11.1. The lowest BCUT2D eigenvalue weighted by Gasteiger charge is -2.54. The van der Waals surface area contributed by atoms with Gasteiger partial charge in [0, 0.05) is 24.7 Å². The van der Waals surface area contributed by atoms with E-state index in [9.17, 15) is 0 Å². The fourth-order valence-electron chi connectivity index (χ4n) is 3.42. The number of likely N-dealkylation sites (N-methyl/N-ethyl adjacent to an activating group) is 1. The Morgan fingerprint density at radius 2 is 2.07 bits per heavy atom. The smallest absolute Gasteiger partial charge is 0.0703 e. The molecule has 15 heavy (non-hydrogen) atoms. The highest BCUT2D eigenvalue weighted by Crippen LogP contribution is 2.43. The first-order valence-corrected chi connectivity index (χ1v) is 6.14. The van der Waals surface area contributed by atoms with Crippen LogP contribution in [0.1, 0.15) is 33.1 Å². The summed E-state index contributed by atoms with van der Waals surface area (Å²) in [6.07, 6.45) is 4.04. The molecule has 2 fully saturated rings. The van der Waals surface area contributed by atoms with Gasteiger partial charge in [-0.15, -0.1) is 0 Å².